The first-order valence-corrected chi connectivity index (χ1v) is 9.48. The molecule has 0 saturated carbocycles. The number of halogens is 1. The van der Waals surface area contributed by atoms with E-state index >= 15 is 0 Å². The largest absolute Gasteiger partial charge is 0.340 e. The van der Waals surface area contributed by atoms with Crippen LogP contribution in [0.15, 0.2) is 48.5 Å². The van der Waals surface area contributed by atoms with Gasteiger partial charge in [0, 0.05) is 24.2 Å². The molecule has 0 aliphatic rings. The van der Waals surface area contributed by atoms with Gasteiger partial charge in [-0.2, -0.15) is 5.26 Å². The van der Waals surface area contributed by atoms with E-state index in [0.717, 1.165) is 5.56 Å². The van der Waals surface area contributed by atoms with Crippen molar-refractivity contribution in [2.75, 3.05) is 7.05 Å². The molecule has 0 radical (unpaired) electrons. The minimum Gasteiger partial charge on any atom is -0.340 e. The second-order valence-electron chi connectivity index (χ2n) is 7.17. The van der Waals surface area contributed by atoms with Crippen LogP contribution >= 0.6 is 11.6 Å². The maximum atomic E-state index is 13.0. The van der Waals surface area contributed by atoms with Crippen molar-refractivity contribution in [3.05, 3.63) is 70.2 Å². The smallest absolute Gasteiger partial charge is 0.251 e. The average molecular weight is 398 g/mol. The first kappa shape index (κ1) is 21.5. The number of carbonyl (C=O) groups excluding carboxylic acids is 2. The summed E-state index contributed by atoms with van der Waals surface area (Å²) in [5.74, 6) is -0.217. The number of amides is 2. The lowest BCUT2D eigenvalue weighted by Gasteiger charge is -2.26. The number of benzene rings is 2. The van der Waals surface area contributed by atoms with Gasteiger partial charge in [0.2, 0.25) is 5.91 Å². The van der Waals surface area contributed by atoms with Gasteiger partial charge in [-0.25, -0.2) is 0 Å². The fourth-order valence-corrected chi connectivity index (χ4v) is 2.96. The van der Waals surface area contributed by atoms with Gasteiger partial charge < -0.3 is 10.2 Å². The van der Waals surface area contributed by atoms with Crippen molar-refractivity contribution >= 4 is 23.4 Å². The zero-order valence-corrected chi connectivity index (χ0v) is 17.0. The minimum atomic E-state index is -0.619. The maximum absolute atomic E-state index is 13.0. The Morgan fingerprint density at radius 1 is 1.11 bits per heavy atom. The molecular weight excluding hydrogens is 374 g/mol. The monoisotopic (exact) mass is 397 g/mol. The number of rotatable bonds is 7. The summed E-state index contributed by atoms with van der Waals surface area (Å²) in [5, 5.41) is 12.3. The molecule has 28 heavy (non-hydrogen) atoms. The average Bonchev–Trinajstić information content (AvgIpc) is 2.67. The second kappa shape index (κ2) is 9.91. The zero-order chi connectivity index (χ0) is 20.7. The summed E-state index contributed by atoms with van der Waals surface area (Å²) in [7, 11) is 1.71. The third-order valence-electron chi connectivity index (χ3n) is 4.30. The Balaban J connectivity index is 2.09. The van der Waals surface area contributed by atoms with E-state index in [2.05, 4.69) is 11.4 Å². The highest BCUT2D eigenvalue weighted by Gasteiger charge is 2.25. The number of hydrogen-bond acceptors (Lipinski definition) is 3. The highest BCUT2D eigenvalue weighted by atomic mass is 35.5. The molecule has 1 N–H and O–H groups in total. The van der Waals surface area contributed by atoms with E-state index in [9.17, 15) is 9.59 Å². The molecule has 0 aromatic heterocycles. The van der Waals surface area contributed by atoms with Crippen molar-refractivity contribution < 1.29 is 9.59 Å². The predicted octanol–water partition coefficient (Wildman–Crippen LogP) is 4.01. The Labute approximate surface area is 170 Å². The topological polar surface area (TPSA) is 73.2 Å². The highest BCUT2D eigenvalue weighted by molar-refractivity contribution is 6.30. The van der Waals surface area contributed by atoms with E-state index in [1.54, 1.807) is 48.3 Å². The van der Waals surface area contributed by atoms with Gasteiger partial charge in [-0.05, 0) is 54.3 Å². The Bertz CT molecular complexity index is 855. The first-order chi connectivity index (χ1) is 13.3. The summed E-state index contributed by atoms with van der Waals surface area (Å²) >= 11 is 5.87. The third-order valence-corrected chi connectivity index (χ3v) is 4.55. The summed E-state index contributed by atoms with van der Waals surface area (Å²) in [6, 6.07) is 15.1. The van der Waals surface area contributed by atoms with Gasteiger partial charge in [0.25, 0.3) is 5.91 Å². The summed E-state index contributed by atoms with van der Waals surface area (Å²) in [6.45, 7) is 4.42. The molecule has 0 bridgehead atoms. The summed E-state index contributed by atoms with van der Waals surface area (Å²) in [4.78, 5) is 27.1. The van der Waals surface area contributed by atoms with Gasteiger partial charge in [0.1, 0.15) is 6.04 Å². The lowest BCUT2D eigenvalue weighted by atomic mass is 10.0. The fourth-order valence-electron chi connectivity index (χ4n) is 2.84. The van der Waals surface area contributed by atoms with E-state index in [-0.39, 0.29) is 17.7 Å². The maximum Gasteiger partial charge on any atom is 0.251 e. The van der Waals surface area contributed by atoms with Crippen molar-refractivity contribution in [3.8, 4) is 6.07 Å². The molecule has 0 aliphatic heterocycles. The molecule has 146 valence electrons. The van der Waals surface area contributed by atoms with Crippen molar-refractivity contribution in [1.82, 2.24) is 10.2 Å². The summed E-state index contributed by atoms with van der Waals surface area (Å²) in [6.07, 6.45) is 0.538. The van der Waals surface area contributed by atoms with Crippen molar-refractivity contribution in [2.24, 2.45) is 5.92 Å². The summed E-state index contributed by atoms with van der Waals surface area (Å²) < 4.78 is 0. The van der Waals surface area contributed by atoms with Gasteiger partial charge >= 0.3 is 0 Å². The second-order valence-corrected chi connectivity index (χ2v) is 7.60. The van der Waals surface area contributed by atoms with Gasteiger partial charge in [-0.15, -0.1) is 0 Å². The van der Waals surface area contributed by atoms with Gasteiger partial charge in [-0.3, -0.25) is 9.59 Å². The normalized spacial score (nSPS) is 11.6. The Morgan fingerprint density at radius 3 is 2.25 bits per heavy atom. The fraction of sp³-hybridized carbons (Fsp3) is 0.318. The molecule has 0 saturated heterocycles. The van der Waals surface area contributed by atoms with Crippen LogP contribution in [-0.2, 0) is 11.3 Å². The minimum absolute atomic E-state index is 0.152. The Morgan fingerprint density at radius 2 is 1.71 bits per heavy atom. The molecule has 0 fully saturated rings. The van der Waals surface area contributed by atoms with Crippen LogP contribution in [0.1, 0.15) is 41.8 Å². The van der Waals surface area contributed by atoms with Crippen LogP contribution in [0.4, 0.5) is 0 Å². The molecule has 1 unspecified atom stereocenters. The molecular formula is C22H24ClN3O2. The van der Waals surface area contributed by atoms with E-state index in [0.29, 0.717) is 29.1 Å². The molecule has 2 rings (SSSR count). The van der Waals surface area contributed by atoms with Crippen LogP contribution in [0.5, 0.6) is 0 Å². The van der Waals surface area contributed by atoms with Crippen LogP contribution in [0.3, 0.4) is 0 Å². The third kappa shape index (κ3) is 6.11. The highest BCUT2D eigenvalue weighted by Crippen LogP contribution is 2.13. The number of nitrogens with one attached hydrogen (secondary N) is 1. The van der Waals surface area contributed by atoms with E-state index < -0.39 is 6.04 Å². The molecule has 2 aromatic carbocycles. The Kier molecular flexibility index (Phi) is 7.60. The number of hydrogen-bond donors (Lipinski definition) is 1. The SMILES string of the molecule is CC(C)CC(NC(=O)c1ccc(Cl)cc1)C(=O)N(C)Cc1ccc(C#N)cc1. The van der Waals surface area contributed by atoms with Crippen LogP contribution in [0.25, 0.3) is 0 Å². The molecule has 0 spiro atoms. The molecule has 6 heteroatoms. The van der Waals surface area contributed by atoms with E-state index in [4.69, 9.17) is 16.9 Å². The van der Waals surface area contributed by atoms with Crippen LogP contribution in [-0.4, -0.2) is 29.8 Å². The molecule has 2 amide bonds. The van der Waals surface area contributed by atoms with Crippen molar-refractivity contribution in [2.45, 2.75) is 32.9 Å². The van der Waals surface area contributed by atoms with Crippen molar-refractivity contribution in [3.63, 3.8) is 0 Å². The molecule has 1 atom stereocenters. The lowest BCUT2D eigenvalue weighted by molar-refractivity contribution is -0.132. The first-order valence-electron chi connectivity index (χ1n) is 9.10. The number of carbonyl (C=O) groups is 2. The predicted molar refractivity (Wildman–Crippen MR) is 110 cm³/mol. The number of nitriles is 1. The standard InChI is InChI=1S/C22H24ClN3O2/c1-15(2)12-20(25-21(27)18-8-10-19(23)11-9-18)22(28)26(3)14-17-6-4-16(13-24)5-7-17/h4-11,15,20H,12,14H2,1-3H3,(H,25,27). The molecule has 5 nitrogen and oxygen atoms in total. The Hall–Kier alpha value is -2.84. The van der Waals surface area contributed by atoms with Gasteiger partial charge in [0.05, 0.1) is 11.6 Å². The number of likely N-dealkylation sites (N-methyl/N-ethyl adjacent to an activating group) is 1. The summed E-state index contributed by atoms with van der Waals surface area (Å²) in [5.41, 5.74) is 1.95. The van der Waals surface area contributed by atoms with Crippen molar-refractivity contribution in [1.29, 1.82) is 5.26 Å². The molecule has 0 aliphatic carbocycles. The number of nitrogens with zero attached hydrogens (tertiary/aromatic N) is 2. The molecule has 0 heterocycles. The van der Waals surface area contributed by atoms with E-state index in [1.165, 1.54) is 0 Å². The van der Waals surface area contributed by atoms with Crippen LogP contribution < -0.4 is 5.32 Å². The zero-order valence-electron chi connectivity index (χ0n) is 16.3. The molecule has 2 aromatic rings. The van der Waals surface area contributed by atoms with Gasteiger partial charge in [0.15, 0.2) is 0 Å². The lowest BCUT2D eigenvalue weighted by Crippen LogP contribution is -2.47. The van der Waals surface area contributed by atoms with Crippen LogP contribution in [0.2, 0.25) is 5.02 Å². The van der Waals surface area contributed by atoms with E-state index in [1.807, 2.05) is 26.0 Å². The quantitative estimate of drug-likeness (QED) is 0.766. The van der Waals surface area contributed by atoms with Crippen LogP contribution in [0, 0.1) is 17.2 Å². The van der Waals surface area contributed by atoms with Gasteiger partial charge in [-0.1, -0.05) is 37.6 Å².